The summed E-state index contributed by atoms with van der Waals surface area (Å²) in [5.41, 5.74) is 1.99. The molecule has 0 aromatic heterocycles. The number of nitrogens with one attached hydrogen (secondary N) is 2. The molecule has 2 amide bonds. The Bertz CT molecular complexity index is 442. The molecule has 1 aliphatic heterocycles. The van der Waals surface area contributed by atoms with E-state index in [1.54, 1.807) is 0 Å². The first-order valence-corrected chi connectivity index (χ1v) is 6.01. The average Bonchev–Trinajstić information content (AvgIpc) is 2.40. The van der Waals surface area contributed by atoms with E-state index >= 15 is 0 Å². The summed E-state index contributed by atoms with van der Waals surface area (Å²) in [7, 11) is 1.92. The second kappa shape index (κ2) is 5.64. The number of carbonyl (C=O) groups excluding carboxylic acids is 2. The fourth-order valence-electron chi connectivity index (χ4n) is 1.90. The van der Waals surface area contributed by atoms with Gasteiger partial charge in [-0.3, -0.25) is 9.59 Å². The Hall–Kier alpha value is -1.88. The molecule has 5 heteroatoms. The molecule has 1 fully saturated rings. The number of nitrogens with zero attached hydrogens (tertiary/aromatic N) is 1. The lowest BCUT2D eigenvalue weighted by atomic mass is 10.1. The van der Waals surface area contributed by atoms with E-state index in [1.165, 1.54) is 10.5 Å². The topological polar surface area (TPSA) is 61.4 Å². The minimum Gasteiger partial charge on any atom is -0.345 e. The molecule has 18 heavy (non-hydrogen) atoms. The molecule has 0 bridgehead atoms. The highest BCUT2D eigenvalue weighted by molar-refractivity contribution is 6.04. The lowest BCUT2D eigenvalue weighted by Crippen LogP contribution is -2.51. The van der Waals surface area contributed by atoms with Crippen LogP contribution in [0, 0.1) is 0 Å². The summed E-state index contributed by atoms with van der Waals surface area (Å²) in [6.07, 6.45) is 0.950. The van der Waals surface area contributed by atoms with Gasteiger partial charge in [0.2, 0.25) is 11.8 Å². The van der Waals surface area contributed by atoms with Crippen LogP contribution in [0.2, 0.25) is 0 Å². The van der Waals surface area contributed by atoms with Crippen molar-refractivity contribution in [3.8, 4) is 0 Å². The molecule has 1 aromatic rings. The molecule has 0 spiro atoms. The van der Waals surface area contributed by atoms with Crippen LogP contribution >= 0.6 is 0 Å². The van der Waals surface area contributed by atoms with E-state index < -0.39 is 0 Å². The van der Waals surface area contributed by atoms with Crippen molar-refractivity contribution in [3.63, 3.8) is 0 Å². The van der Waals surface area contributed by atoms with Crippen LogP contribution in [-0.4, -0.2) is 38.5 Å². The van der Waals surface area contributed by atoms with Crippen LogP contribution in [0.25, 0.3) is 0 Å². The van der Waals surface area contributed by atoms with Gasteiger partial charge in [0, 0.05) is 5.69 Å². The maximum atomic E-state index is 11.7. The minimum absolute atomic E-state index is 0.0717. The molecule has 0 aliphatic carbocycles. The van der Waals surface area contributed by atoms with Gasteiger partial charge in [0.15, 0.2) is 0 Å². The number of anilines is 1. The largest absolute Gasteiger partial charge is 0.345 e. The molecule has 1 saturated heterocycles. The van der Waals surface area contributed by atoms with E-state index in [1.807, 2.05) is 31.3 Å². The average molecular weight is 247 g/mol. The zero-order valence-corrected chi connectivity index (χ0v) is 10.4. The van der Waals surface area contributed by atoms with Gasteiger partial charge in [-0.05, 0) is 37.7 Å². The van der Waals surface area contributed by atoms with E-state index in [4.69, 9.17) is 0 Å². The van der Waals surface area contributed by atoms with Crippen molar-refractivity contribution in [1.29, 1.82) is 0 Å². The van der Waals surface area contributed by atoms with Crippen LogP contribution in [0.5, 0.6) is 0 Å². The number of piperazine rings is 1. The third-order valence-electron chi connectivity index (χ3n) is 2.95. The first-order valence-electron chi connectivity index (χ1n) is 6.01. The van der Waals surface area contributed by atoms with Crippen molar-refractivity contribution in [2.75, 3.05) is 31.6 Å². The van der Waals surface area contributed by atoms with Crippen molar-refractivity contribution in [2.24, 2.45) is 0 Å². The van der Waals surface area contributed by atoms with Gasteiger partial charge < -0.3 is 15.5 Å². The van der Waals surface area contributed by atoms with E-state index in [0.717, 1.165) is 18.7 Å². The summed E-state index contributed by atoms with van der Waals surface area (Å²) in [4.78, 5) is 24.5. The van der Waals surface area contributed by atoms with Crippen LogP contribution < -0.4 is 15.5 Å². The van der Waals surface area contributed by atoms with Gasteiger partial charge in [-0.25, -0.2) is 0 Å². The number of hydrogen-bond donors (Lipinski definition) is 2. The molecule has 1 heterocycles. The predicted octanol–water partition coefficient (Wildman–Crippen LogP) is -0.0887. The SMILES string of the molecule is CNCCc1ccc(N2CC(=O)NCC2=O)cc1. The monoisotopic (exact) mass is 247 g/mol. The van der Waals surface area contributed by atoms with Crippen LogP contribution in [0.1, 0.15) is 5.56 Å². The first-order chi connectivity index (χ1) is 8.70. The van der Waals surface area contributed by atoms with E-state index in [2.05, 4.69) is 10.6 Å². The van der Waals surface area contributed by atoms with Gasteiger partial charge in [-0.1, -0.05) is 12.1 Å². The van der Waals surface area contributed by atoms with Crippen molar-refractivity contribution >= 4 is 17.5 Å². The Morgan fingerprint density at radius 1 is 1.28 bits per heavy atom. The highest BCUT2D eigenvalue weighted by atomic mass is 16.2. The Kier molecular flexibility index (Phi) is 3.94. The smallest absolute Gasteiger partial charge is 0.246 e. The van der Waals surface area contributed by atoms with Gasteiger partial charge in [0.25, 0.3) is 0 Å². The molecular weight excluding hydrogens is 230 g/mol. The number of benzene rings is 1. The van der Waals surface area contributed by atoms with Crippen LogP contribution in [0.3, 0.4) is 0 Å². The summed E-state index contributed by atoms with van der Waals surface area (Å²) in [5.74, 6) is -0.188. The Labute approximate surface area is 106 Å². The summed E-state index contributed by atoms with van der Waals surface area (Å²) in [6, 6.07) is 7.77. The summed E-state index contributed by atoms with van der Waals surface area (Å²) in [6.45, 7) is 1.11. The highest BCUT2D eigenvalue weighted by Crippen LogP contribution is 2.16. The van der Waals surface area contributed by atoms with Gasteiger partial charge >= 0.3 is 0 Å². The molecule has 2 rings (SSSR count). The standard InChI is InChI=1S/C13H17N3O2/c1-14-7-6-10-2-4-11(5-3-10)16-9-12(17)15-8-13(16)18/h2-5,14H,6-9H2,1H3,(H,15,17). The van der Waals surface area contributed by atoms with Crippen LogP contribution in [-0.2, 0) is 16.0 Å². The molecule has 0 radical (unpaired) electrons. The van der Waals surface area contributed by atoms with Crippen molar-refractivity contribution in [1.82, 2.24) is 10.6 Å². The van der Waals surface area contributed by atoms with E-state index in [-0.39, 0.29) is 24.9 Å². The zero-order chi connectivity index (χ0) is 13.0. The maximum Gasteiger partial charge on any atom is 0.246 e. The summed E-state index contributed by atoms with van der Waals surface area (Å²) in [5, 5.41) is 5.62. The predicted molar refractivity (Wildman–Crippen MR) is 69.4 cm³/mol. The molecule has 1 aliphatic rings. The van der Waals surface area contributed by atoms with Gasteiger partial charge in [-0.2, -0.15) is 0 Å². The third-order valence-corrected chi connectivity index (χ3v) is 2.95. The lowest BCUT2D eigenvalue weighted by Gasteiger charge is -2.26. The van der Waals surface area contributed by atoms with E-state index in [9.17, 15) is 9.59 Å². The number of likely N-dealkylation sites (N-methyl/N-ethyl adjacent to an activating group) is 1. The van der Waals surface area contributed by atoms with Gasteiger partial charge in [-0.15, -0.1) is 0 Å². The number of carbonyl (C=O) groups is 2. The van der Waals surface area contributed by atoms with Gasteiger partial charge in [0.05, 0.1) is 6.54 Å². The summed E-state index contributed by atoms with van der Waals surface area (Å²) < 4.78 is 0. The molecule has 0 atom stereocenters. The summed E-state index contributed by atoms with van der Waals surface area (Å²) >= 11 is 0. The Morgan fingerprint density at radius 2 is 2.00 bits per heavy atom. The molecule has 0 saturated carbocycles. The zero-order valence-electron chi connectivity index (χ0n) is 10.4. The molecule has 96 valence electrons. The molecule has 2 N–H and O–H groups in total. The minimum atomic E-state index is -0.117. The normalized spacial score (nSPS) is 15.7. The molecular formula is C13H17N3O2. The highest BCUT2D eigenvalue weighted by Gasteiger charge is 2.23. The quantitative estimate of drug-likeness (QED) is 0.782. The number of rotatable bonds is 4. The fourth-order valence-corrected chi connectivity index (χ4v) is 1.90. The van der Waals surface area contributed by atoms with Crippen molar-refractivity contribution < 1.29 is 9.59 Å². The van der Waals surface area contributed by atoms with Gasteiger partial charge in [0.1, 0.15) is 6.54 Å². The van der Waals surface area contributed by atoms with Crippen molar-refractivity contribution in [2.45, 2.75) is 6.42 Å². The number of amides is 2. The number of hydrogen-bond acceptors (Lipinski definition) is 3. The molecule has 1 aromatic carbocycles. The maximum absolute atomic E-state index is 11.7. The Morgan fingerprint density at radius 3 is 2.67 bits per heavy atom. The fraction of sp³-hybridized carbons (Fsp3) is 0.385. The molecule has 5 nitrogen and oxygen atoms in total. The van der Waals surface area contributed by atoms with Crippen LogP contribution in [0.4, 0.5) is 5.69 Å². The lowest BCUT2D eigenvalue weighted by molar-refractivity contribution is -0.128. The molecule has 0 unspecified atom stereocenters. The second-order valence-corrected chi connectivity index (χ2v) is 4.28. The van der Waals surface area contributed by atoms with Crippen molar-refractivity contribution in [3.05, 3.63) is 29.8 Å². The van der Waals surface area contributed by atoms with Crippen LogP contribution in [0.15, 0.2) is 24.3 Å². The first kappa shape index (κ1) is 12.6. The Balaban J connectivity index is 2.08. The third kappa shape index (κ3) is 2.87. The van der Waals surface area contributed by atoms with E-state index in [0.29, 0.717) is 0 Å². The second-order valence-electron chi connectivity index (χ2n) is 4.28.